The molecule has 1 aliphatic heterocycles. The Kier molecular flexibility index (Phi) is 5.88. The smallest absolute Gasteiger partial charge is 0.337 e. The lowest BCUT2D eigenvalue weighted by Crippen LogP contribution is -2.27. The molecule has 1 fully saturated rings. The second-order valence-corrected chi connectivity index (χ2v) is 6.02. The van der Waals surface area contributed by atoms with E-state index in [1.54, 1.807) is 12.1 Å². The Bertz CT molecular complexity index is 493. The van der Waals surface area contributed by atoms with E-state index in [2.05, 4.69) is 17.1 Å². The first-order valence-corrected chi connectivity index (χ1v) is 7.99. The van der Waals surface area contributed by atoms with Gasteiger partial charge in [-0.15, -0.1) is 0 Å². The Morgan fingerprint density at radius 2 is 2.24 bits per heavy atom. The molecule has 2 rings (SSSR count). The average molecular weight is 311 g/mol. The van der Waals surface area contributed by atoms with Gasteiger partial charge in [-0.2, -0.15) is 0 Å². The lowest BCUT2D eigenvalue weighted by molar-refractivity contribution is 0.0697. The SMILES string of the molecule is CCCN1CCCC(Nc2ccc(Cl)c(C(=O)O)c2)CC1. The van der Waals surface area contributed by atoms with Crippen molar-refractivity contribution in [3.63, 3.8) is 0 Å². The number of carboxylic acid groups (broad SMARTS) is 1. The van der Waals surface area contributed by atoms with Crippen LogP contribution in [0.3, 0.4) is 0 Å². The molecule has 0 spiro atoms. The summed E-state index contributed by atoms with van der Waals surface area (Å²) in [6, 6.07) is 5.52. The molecule has 0 amide bonds. The van der Waals surface area contributed by atoms with Crippen LogP contribution in [0.2, 0.25) is 5.02 Å². The Hall–Kier alpha value is -1.26. The first-order valence-electron chi connectivity index (χ1n) is 7.62. The monoisotopic (exact) mass is 310 g/mol. The zero-order valence-corrected chi connectivity index (χ0v) is 13.2. The quantitative estimate of drug-likeness (QED) is 0.870. The minimum absolute atomic E-state index is 0.155. The number of rotatable bonds is 5. The van der Waals surface area contributed by atoms with E-state index in [9.17, 15) is 4.79 Å². The maximum atomic E-state index is 11.1. The second kappa shape index (κ2) is 7.66. The minimum Gasteiger partial charge on any atom is -0.478 e. The molecule has 1 heterocycles. The van der Waals surface area contributed by atoms with Crippen molar-refractivity contribution in [3.05, 3.63) is 28.8 Å². The molecular formula is C16H23ClN2O2. The number of anilines is 1. The van der Waals surface area contributed by atoms with Gasteiger partial charge in [0.2, 0.25) is 0 Å². The van der Waals surface area contributed by atoms with Gasteiger partial charge in [-0.05, 0) is 57.0 Å². The number of hydrogen-bond donors (Lipinski definition) is 2. The highest BCUT2D eigenvalue weighted by Gasteiger charge is 2.17. The third-order valence-corrected chi connectivity index (χ3v) is 4.26. The van der Waals surface area contributed by atoms with Gasteiger partial charge >= 0.3 is 5.97 Å². The highest BCUT2D eigenvalue weighted by molar-refractivity contribution is 6.33. The van der Waals surface area contributed by atoms with Gasteiger partial charge < -0.3 is 15.3 Å². The number of hydrogen-bond acceptors (Lipinski definition) is 3. The summed E-state index contributed by atoms with van der Waals surface area (Å²) in [6.07, 6.45) is 4.57. The largest absolute Gasteiger partial charge is 0.478 e. The second-order valence-electron chi connectivity index (χ2n) is 5.61. The molecule has 1 atom stereocenters. The van der Waals surface area contributed by atoms with Gasteiger partial charge in [0.15, 0.2) is 0 Å². The van der Waals surface area contributed by atoms with Crippen molar-refractivity contribution < 1.29 is 9.90 Å². The van der Waals surface area contributed by atoms with Crippen LogP contribution in [-0.4, -0.2) is 41.7 Å². The summed E-state index contributed by atoms with van der Waals surface area (Å²) in [5.41, 5.74) is 0.994. The highest BCUT2D eigenvalue weighted by Crippen LogP contribution is 2.23. The summed E-state index contributed by atoms with van der Waals surface area (Å²) in [6.45, 7) is 5.64. The molecule has 2 N–H and O–H groups in total. The average Bonchev–Trinajstić information content (AvgIpc) is 2.67. The van der Waals surface area contributed by atoms with E-state index in [-0.39, 0.29) is 10.6 Å². The van der Waals surface area contributed by atoms with Crippen molar-refractivity contribution in [1.82, 2.24) is 4.90 Å². The Balaban J connectivity index is 1.98. The van der Waals surface area contributed by atoms with Crippen LogP contribution in [0.15, 0.2) is 18.2 Å². The molecule has 0 aromatic heterocycles. The third kappa shape index (κ3) is 4.61. The molecular weight excluding hydrogens is 288 g/mol. The summed E-state index contributed by atoms with van der Waals surface area (Å²) in [4.78, 5) is 13.6. The predicted molar refractivity (Wildman–Crippen MR) is 86.4 cm³/mol. The Labute approximate surface area is 131 Å². The fourth-order valence-corrected chi connectivity index (χ4v) is 3.05. The van der Waals surface area contributed by atoms with Gasteiger partial charge in [-0.3, -0.25) is 0 Å². The van der Waals surface area contributed by atoms with Crippen molar-refractivity contribution in [2.24, 2.45) is 0 Å². The third-order valence-electron chi connectivity index (χ3n) is 3.93. The zero-order chi connectivity index (χ0) is 15.2. The molecule has 1 aromatic carbocycles. The summed E-state index contributed by atoms with van der Waals surface area (Å²) < 4.78 is 0. The van der Waals surface area contributed by atoms with Crippen LogP contribution >= 0.6 is 11.6 Å². The standard InChI is InChI=1S/C16H23ClN2O2/c1-2-8-19-9-3-4-12(7-10-19)18-13-5-6-15(17)14(11-13)16(20)21/h5-6,11-12,18H,2-4,7-10H2,1H3,(H,20,21). The molecule has 0 radical (unpaired) electrons. The van der Waals surface area contributed by atoms with Crippen LogP contribution in [0.4, 0.5) is 5.69 Å². The number of carbonyl (C=O) groups is 1. The molecule has 1 saturated heterocycles. The van der Waals surface area contributed by atoms with E-state index in [4.69, 9.17) is 16.7 Å². The van der Waals surface area contributed by atoms with Crippen LogP contribution in [0.1, 0.15) is 43.0 Å². The maximum absolute atomic E-state index is 11.1. The number of benzene rings is 1. The van der Waals surface area contributed by atoms with Crippen molar-refractivity contribution in [2.45, 2.75) is 38.6 Å². The van der Waals surface area contributed by atoms with Crippen LogP contribution in [0.25, 0.3) is 0 Å². The number of likely N-dealkylation sites (tertiary alicyclic amines) is 1. The van der Waals surface area contributed by atoms with Gasteiger partial charge in [0, 0.05) is 18.3 Å². The fraction of sp³-hybridized carbons (Fsp3) is 0.562. The Morgan fingerprint density at radius 1 is 1.43 bits per heavy atom. The number of nitrogens with one attached hydrogen (secondary N) is 1. The molecule has 0 bridgehead atoms. The van der Waals surface area contributed by atoms with Crippen molar-refractivity contribution in [2.75, 3.05) is 25.0 Å². The summed E-state index contributed by atoms with van der Waals surface area (Å²) in [5, 5.41) is 12.9. The number of halogens is 1. The topological polar surface area (TPSA) is 52.6 Å². The maximum Gasteiger partial charge on any atom is 0.337 e. The van der Waals surface area contributed by atoms with Crippen LogP contribution < -0.4 is 5.32 Å². The minimum atomic E-state index is -0.987. The first-order chi connectivity index (χ1) is 10.1. The van der Waals surface area contributed by atoms with E-state index in [0.29, 0.717) is 6.04 Å². The van der Waals surface area contributed by atoms with E-state index < -0.39 is 5.97 Å². The molecule has 0 saturated carbocycles. The van der Waals surface area contributed by atoms with Crippen LogP contribution in [0.5, 0.6) is 0 Å². The summed E-state index contributed by atoms with van der Waals surface area (Å²) in [5.74, 6) is -0.987. The summed E-state index contributed by atoms with van der Waals surface area (Å²) in [7, 11) is 0. The molecule has 116 valence electrons. The van der Waals surface area contributed by atoms with Crippen LogP contribution in [0, 0.1) is 0 Å². The zero-order valence-electron chi connectivity index (χ0n) is 12.4. The molecule has 5 heteroatoms. The molecule has 21 heavy (non-hydrogen) atoms. The first kappa shape index (κ1) is 16.1. The van der Waals surface area contributed by atoms with E-state index in [1.165, 1.54) is 12.8 Å². The van der Waals surface area contributed by atoms with Crippen LogP contribution in [-0.2, 0) is 0 Å². The molecule has 4 nitrogen and oxygen atoms in total. The van der Waals surface area contributed by atoms with Gasteiger partial charge in [0.25, 0.3) is 0 Å². The predicted octanol–water partition coefficient (Wildman–Crippen LogP) is 3.71. The van der Waals surface area contributed by atoms with Gasteiger partial charge in [0.1, 0.15) is 0 Å². The lowest BCUT2D eigenvalue weighted by Gasteiger charge is -2.20. The van der Waals surface area contributed by atoms with Crippen molar-refractivity contribution in [3.8, 4) is 0 Å². The molecule has 1 unspecified atom stereocenters. The van der Waals surface area contributed by atoms with E-state index in [1.807, 2.05) is 6.07 Å². The molecule has 1 aliphatic rings. The van der Waals surface area contributed by atoms with E-state index >= 15 is 0 Å². The fourth-order valence-electron chi connectivity index (χ4n) is 2.85. The lowest BCUT2D eigenvalue weighted by atomic mass is 10.1. The number of aromatic carboxylic acids is 1. The van der Waals surface area contributed by atoms with Gasteiger partial charge in [-0.1, -0.05) is 18.5 Å². The summed E-state index contributed by atoms with van der Waals surface area (Å²) >= 11 is 5.90. The van der Waals surface area contributed by atoms with Gasteiger partial charge in [-0.25, -0.2) is 4.79 Å². The van der Waals surface area contributed by atoms with Crippen molar-refractivity contribution in [1.29, 1.82) is 0 Å². The van der Waals surface area contributed by atoms with Crippen molar-refractivity contribution >= 4 is 23.3 Å². The highest BCUT2D eigenvalue weighted by atomic mass is 35.5. The van der Waals surface area contributed by atoms with Gasteiger partial charge in [0.05, 0.1) is 10.6 Å². The molecule has 0 aliphatic carbocycles. The molecule has 1 aromatic rings. The Morgan fingerprint density at radius 3 is 2.95 bits per heavy atom. The number of nitrogens with zero attached hydrogens (tertiary/aromatic N) is 1. The normalized spacial score (nSPS) is 20.0. The van der Waals surface area contributed by atoms with E-state index in [0.717, 1.165) is 38.2 Å². The number of carboxylic acids is 1.